The van der Waals surface area contributed by atoms with Crippen LogP contribution in [-0.4, -0.2) is 58.7 Å². The smallest absolute Gasteiger partial charge is 0.338 e. The van der Waals surface area contributed by atoms with Gasteiger partial charge in [-0.2, -0.15) is 13.2 Å². The summed E-state index contributed by atoms with van der Waals surface area (Å²) in [5.74, 6) is -0.591. The summed E-state index contributed by atoms with van der Waals surface area (Å²) >= 11 is 0. The van der Waals surface area contributed by atoms with Crippen molar-refractivity contribution in [3.05, 3.63) is 154 Å². The van der Waals surface area contributed by atoms with E-state index in [9.17, 15) is 22.8 Å². The highest BCUT2D eigenvalue weighted by Gasteiger charge is 2.34. The minimum absolute atomic E-state index is 0.163. The van der Waals surface area contributed by atoms with Gasteiger partial charge in [0.15, 0.2) is 5.69 Å². The number of halogens is 3. The van der Waals surface area contributed by atoms with Gasteiger partial charge in [0.1, 0.15) is 6.04 Å². The number of carbonyl (C=O) groups is 2. The highest BCUT2D eigenvalue weighted by atomic mass is 19.4. The van der Waals surface area contributed by atoms with Crippen LogP contribution in [0.4, 0.5) is 18.9 Å². The molecule has 1 aliphatic rings. The first-order chi connectivity index (χ1) is 25.1. The fourth-order valence-electron chi connectivity index (χ4n) is 6.41. The van der Waals surface area contributed by atoms with Gasteiger partial charge in [0.25, 0.3) is 0 Å². The fourth-order valence-corrected chi connectivity index (χ4v) is 6.41. The summed E-state index contributed by atoms with van der Waals surface area (Å²) in [4.78, 5) is 38.0. The number of piperazine rings is 1. The number of unbranched alkanes of at least 4 members (excludes halogenated alkanes) is 2. The van der Waals surface area contributed by atoms with Crippen LogP contribution in [0.2, 0.25) is 0 Å². The maximum Gasteiger partial charge on any atom is 0.416 e. The van der Waals surface area contributed by atoms with Crippen molar-refractivity contribution < 1.29 is 22.8 Å². The SMILES string of the molecule is [C-]#[N+]c1ccc(C[C@@H](C(=O)N2CCN(Cc3ccccc3)CC2)N(Cc2ccc(CCCCC)cc2)C(=O)C=Cc2ccc(C(F)(F)F)cc2)cc1. The van der Waals surface area contributed by atoms with E-state index in [4.69, 9.17) is 6.57 Å². The molecule has 1 fully saturated rings. The number of alkyl halides is 3. The summed E-state index contributed by atoms with van der Waals surface area (Å²) in [7, 11) is 0. The molecule has 2 amide bonds. The largest absolute Gasteiger partial charge is 0.416 e. The van der Waals surface area contributed by atoms with Gasteiger partial charge in [0.05, 0.1) is 12.1 Å². The molecular formula is C43H45F3N4O2. The number of nitrogens with zero attached hydrogens (tertiary/aromatic N) is 4. The zero-order valence-corrected chi connectivity index (χ0v) is 29.6. The Labute approximate surface area is 305 Å². The average molecular weight is 707 g/mol. The molecular weight excluding hydrogens is 661 g/mol. The van der Waals surface area contributed by atoms with Gasteiger partial charge >= 0.3 is 6.18 Å². The third kappa shape index (κ3) is 10.9. The molecule has 0 radical (unpaired) electrons. The lowest BCUT2D eigenvalue weighted by Crippen LogP contribution is -2.56. The van der Waals surface area contributed by atoms with Crippen molar-refractivity contribution in [1.82, 2.24) is 14.7 Å². The molecule has 0 spiro atoms. The molecule has 0 aliphatic carbocycles. The standard InChI is InChI=1S/C43H45F3N4O2/c1-3-4-6-9-33-12-14-37(15-13-33)32-50(41(51)25-20-34-16-21-38(22-17-34)43(44,45)46)40(30-35-18-23-39(47-2)24-19-35)42(52)49-28-26-48(27-29-49)31-36-10-7-5-8-11-36/h5,7-8,10-25,40H,3-4,6,9,26-32H2,1H3/t40-/m0/s1. The predicted molar refractivity (Wildman–Crippen MR) is 199 cm³/mol. The lowest BCUT2D eigenvalue weighted by atomic mass is 10.0. The second-order valence-corrected chi connectivity index (χ2v) is 13.3. The summed E-state index contributed by atoms with van der Waals surface area (Å²) in [6.45, 7) is 12.9. The minimum atomic E-state index is -4.46. The van der Waals surface area contributed by atoms with Crippen molar-refractivity contribution in [1.29, 1.82) is 0 Å². The van der Waals surface area contributed by atoms with E-state index < -0.39 is 23.7 Å². The van der Waals surface area contributed by atoms with Gasteiger partial charge in [-0.05, 0) is 58.9 Å². The van der Waals surface area contributed by atoms with Crippen LogP contribution in [0.15, 0.2) is 109 Å². The van der Waals surface area contributed by atoms with E-state index in [-0.39, 0.29) is 18.9 Å². The molecule has 1 saturated heterocycles. The Kier molecular flexibility index (Phi) is 13.4. The van der Waals surface area contributed by atoms with Gasteiger partial charge in [-0.15, -0.1) is 0 Å². The van der Waals surface area contributed by atoms with E-state index in [2.05, 4.69) is 40.9 Å². The summed E-state index contributed by atoms with van der Waals surface area (Å²) in [6, 6.07) is 29.1. The maximum absolute atomic E-state index is 14.6. The molecule has 9 heteroatoms. The third-order valence-corrected chi connectivity index (χ3v) is 9.47. The molecule has 0 saturated carbocycles. The van der Waals surface area contributed by atoms with Crippen molar-refractivity contribution in [3.8, 4) is 0 Å². The maximum atomic E-state index is 14.6. The molecule has 270 valence electrons. The fraction of sp³-hybridized carbons (Fsp3) is 0.326. The lowest BCUT2D eigenvalue weighted by Gasteiger charge is -2.39. The number of benzene rings is 4. The molecule has 0 aromatic heterocycles. The van der Waals surface area contributed by atoms with Crippen LogP contribution in [0, 0.1) is 6.57 Å². The summed E-state index contributed by atoms with van der Waals surface area (Å²) < 4.78 is 39.5. The topological polar surface area (TPSA) is 48.2 Å². The second-order valence-electron chi connectivity index (χ2n) is 13.3. The average Bonchev–Trinajstić information content (AvgIpc) is 3.16. The van der Waals surface area contributed by atoms with Crippen LogP contribution < -0.4 is 0 Å². The molecule has 6 nitrogen and oxygen atoms in total. The Bertz CT molecular complexity index is 1810. The van der Waals surface area contributed by atoms with E-state index in [0.717, 1.165) is 55.5 Å². The van der Waals surface area contributed by atoms with Gasteiger partial charge < -0.3 is 9.80 Å². The molecule has 4 aromatic rings. The third-order valence-electron chi connectivity index (χ3n) is 9.47. The number of aryl methyl sites for hydroxylation is 1. The van der Waals surface area contributed by atoms with Crippen molar-refractivity contribution >= 4 is 23.6 Å². The first kappa shape index (κ1) is 38.0. The Morgan fingerprint density at radius 1 is 0.808 bits per heavy atom. The number of rotatable bonds is 14. The Morgan fingerprint density at radius 3 is 2.06 bits per heavy atom. The van der Waals surface area contributed by atoms with E-state index in [0.29, 0.717) is 37.4 Å². The van der Waals surface area contributed by atoms with Gasteiger partial charge in [0, 0.05) is 51.8 Å². The van der Waals surface area contributed by atoms with Gasteiger partial charge in [-0.1, -0.05) is 111 Å². The van der Waals surface area contributed by atoms with Crippen LogP contribution in [0.1, 0.15) is 59.6 Å². The minimum Gasteiger partial charge on any atom is -0.338 e. The number of amides is 2. The highest BCUT2D eigenvalue weighted by molar-refractivity contribution is 5.95. The van der Waals surface area contributed by atoms with E-state index >= 15 is 0 Å². The van der Waals surface area contributed by atoms with Gasteiger partial charge in [-0.3, -0.25) is 14.5 Å². The molecule has 5 rings (SSSR count). The van der Waals surface area contributed by atoms with Crippen LogP contribution in [0.25, 0.3) is 10.9 Å². The monoisotopic (exact) mass is 706 g/mol. The normalized spacial score (nSPS) is 14.2. The Morgan fingerprint density at radius 2 is 1.44 bits per heavy atom. The van der Waals surface area contributed by atoms with Crippen molar-refractivity contribution in [2.24, 2.45) is 0 Å². The van der Waals surface area contributed by atoms with Crippen molar-refractivity contribution in [3.63, 3.8) is 0 Å². The highest BCUT2D eigenvalue weighted by Crippen LogP contribution is 2.29. The molecule has 0 N–H and O–H groups in total. The molecule has 0 bridgehead atoms. The number of carbonyl (C=O) groups excluding carboxylic acids is 2. The quantitative estimate of drug-likeness (QED) is 0.0748. The van der Waals surface area contributed by atoms with Crippen LogP contribution in [-0.2, 0) is 41.7 Å². The molecule has 1 heterocycles. The Hall–Kier alpha value is -5.20. The zero-order valence-electron chi connectivity index (χ0n) is 29.6. The van der Waals surface area contributed by atoms with Crippen LogP contribution >= 0.6 is 0 Å². The van der Waals surface area contributed by atoms with Crippen LogP contribution in [0.3, 0.4) is 0 Å². The summed E-state index contributed by atoms with van der Waals surface area (Å²) in [6.07, 6.45) is 2.93. The van der Waals surface area contributed by atoms with Crippen molar-refractivity contribution in [2.45, 2.75) is 64.3 Å². The number of hydrogen-bond acceptors (Lipinski definition) is 3. The predicted octanol–water partition coefficient (Wildman–Crippen LogP) is 8.99. The summed E-state index contributed by atoms with van der Waals surface area (Å²) in [5.41, 5.74) is 4.23. The second kappa shape index (κ2) is 18.3. The van der Waals surface area contributed by atoms with E-state index in [1.165, 1.54) is 35.4 Å². The molecule has 4 aromatic carbocycles. The van der Waals surface area contributed by atoms with Crippen molar-refractivity contribution in [2.75, 3.05) is 26.2 Å². The summed E-state index contributed by atoms with van der Waals surface area (Å²) in [5, 5.41) is 0. The Balaban J connectivity index is 1.43. The molecule has 0 unspecified atom stereocenters. The lowest BCUT2D eigenvalue weighted by molar-refractivity contribution is -0.145. The van der Waals surface area contributed by atoms with Gasteiger partial charge in [0.2, 0.25) is 11.8 Å². The van der Waals surface area contributed by atoms with Gasteiger partial charge in [-0.25, -0.2) is 4.85 Å². The molecule has 52 heavy (non-hydrogen) atoms. The molecule has 1 aliphatic heterocycles. The van der Waals surface area contributed by atoms with E-state index in [1.807, 2.05) is 47.4 Å². The first-order valence-corrected chi connectivity index (χ1v) is 17.9. The zero-order chi connectivity index (χ0) is 36.9. The molecule has 1 atom stereocenters. The first-order valence-electron chi connectivity index (χ1n) is 17.9. The van der Waals surface area contributed by atoms with E-state index in [1.54, 1.807) is 17.0 Å². The number of hydrogen-bond donors (Lipinski definition) is 0. The van der Waals surface area contributed by atoms with Crippen LogP contribution in [0.5, 0.6) is 0 Å².